The molecule has 3 saturated heterocycles. The van der Waals surface area contributed by atoms with Gasteiger partial charge in [0.1, 0.15) is 0 Å². The lowest BCUT2D eigenvalue weighted by Gasteiger charge is -2.43. The molecule has 0 amide bonds. The number of rotatable bonds is 3. The van der Waals surface area contributed by atoms with Crippen molar-refractivity contribution in [1.29, 1.82) is 0 Å². The summed E-state index contributed by atoms with van der Waals surface area (Å²) in [6.45, 7) is 2.95. The average molecular weight is 303 g/mol. The van der Waals surface area contributed by atoms with Gasteiger partial charge in [-0.2, -0.15) is 0 Å². The van der Waals surface area contributed by atoms with E-state index in [0.717, 1.165) is 58.3 Å². The van der Waals surface area contributed by atoms with E-state index >= 15 is 0 Å². The van der Waals surface area contributed by atoms with Crippen LogP contribution < -0.4 is 5.32 Å². The van der Waals surface area contributed by atoms with Crippen LogP contribution >= 0.6 is 0 Å². The Bertz CT molecular complexity index is 425. The molecule has 0 saturated carbocycles. The normalized spacial score (nSPS) is 36.2. The van der Waals surface area contributed by atoms with Crippen LogP contribution in [0.15, 0.2) is 0 Å². The first-order valence-corrected chi connectivity index (χ1v) is 9.48. The molecule has 3 aliphatic heterocycles. The van der Waals surface area contributed by atoms with Crippen LogP contribution in [0, 0.1) is 0 Å². The summed E-state index contributed by atoms with van der Waals surface area (Å²) < 4.78 is 35.1. The van der Waals surface area contributed by atoms with Crippen molar-refractivity contribution in [1.82, 2.24) is 5.32 Å². The van der Waals surface area contributed by atoms with Crippen LogP contribution in [0.4, 0.5) is 0 Å². The number of ether oxygens (including phenoxy) is 2. The summed E-state index contributed by atoms with van der Waals surface area (Å²) in [5, 5.41) is 3.32. The molecule has 0 aromatic carbocycles. The predicted octanol–water partition coefficient (Wildman–Crippen LogP) is 0.881. The molecule has 2 unspecified atom stereocenters. The van der Waals surface area contributed by atoms with Gasteiger partial charge in [-0.15, -0.1) is 0 Å². The molecule has 3 rings (SSSR count). The van der Waals surface area contributed by atoms with Crippen molar-refractivity contribution in [2.45, 2.75) is 55.4 Å². The average Bonchev–Trinajstić information content (AvgIpc) is 2.76. The molecule has 116 valence electrons. The quantitative estimate of drug-likeness (QED) is 0.838. The van der Waals surface area contributed by atoms with Crippen molar-refractivity contribution in [3.8, 4) is 0 Å². The topological polar surface area (TPSA) is 64.6 Å². The van der Waals surface area contributed by atoms with E-state index in [9.17, 15) is 8.42 Å². The molecule has 0 radical (unpaired) electrons. The molecule has 5 nitrogen and oxygen atoms in total. The van der Waals surface area contributed by atoms with Crippen molar-refractivity contribution in [2.75, 3.05) is 32.1 Å². The van der Waals surface area contributed by atoms with Gasteiger partial charge in [0.05, 0.1) is 16.6 Å². The van der Waals surface area contributed by atoms with Crippen molar-refractivity contribution < 1.29 is 17.9 Å². The lowest BCUT2D eigenvalue weighted by atomic mass is 9.84. The minimum atomic E-state index is -2.84. The molecule has 1 N–H and O–H groups in total. The Morgan fingerprint density at radius 3 is 2.65 bits per heavy atom. The molecule has 3 heterocycles. The van der Waals surface area contributed by atoms with Gasteiger partial charge in [0.25, 0.3) is 0 Å². The largest absolute Gasteiger partial charge is 0.381 e. The first-order chi connectivity index (χ1) is 9.60. The monoisotopic (exact) mass is 303 g/mol. The van der Waals surface area contributed by atoms with E-state index in [1.54, 1.807) is 0 Å². The van der Waals surface area contributed by atoms with Crippen molar-refractivity contribution in [3.05, 3.63) is 0 Å². The highest BCUT2D eigenvalue weighted by molar-refractivity contribution is 7.92. The third kappa shape index (κ3) is 3.18. The fraction of sp³-hybridized carbons (Fsp3) is 1.00. The first-order valence-electron chi connectivity index (χ1n) is 7.76. The summed E-state index contributed by atoms with van der Waals surface area (Å²) in [6.07, 6.45) is 5.54. The Labute approximate surface area is 121 Å². The second kappa shape index (κ2) is 5.91. The summed E-state index contributed by atoms with van der Waals surface area (Å²) in [6, 6.07) is 0.387. The molecule has 0 bridgehead atoms. The van der Waals surface area contributed by atoms with Crippen LogP contribution in [0.1, 0.15) is 38.5 Å². The lowest BCUT2D eigenvalue weighted by Crippen LogP contribution is -2.51. The van der Waals surface area contributed by atoms with Gasteiger partial charge in [-0.3, -0.25) is 0 Å². The Morgan fingerprint density at radius 1 is 1.15 bits per heavy atom. The van der Waals surface area contributed by atoms with Gasteiger partial charge < -0.3 is 14.8 Å². The molecule has 2 atom stereocenters. The van der Waals surface area contributed by atoms with Crippen LogP contribution in [0.5, 0.6) is 0 Å². The molecule has 3 fully saturated rings. The molecule has 0 aromatic rings. The molecule has 20 heavy (non-hydrogen) atoms. The van der Waals surface area contributed by atoms with Gasteiger partial charge in [-0.05, 0) is 38.5 Å². The second-order valence-electron chi connectivity index (χ2n) is 6.37. The Morgan fingerprint density at radius 2 is 1.95 bits per heavy atom. The number of hydrogen-bond donors (Lipinski definition) is 1. The van der Waals surface area contributed by atoms with E-state index < -0.39 is 9.84 Å². The fourth-order valence-corrected chi connectivity index (χ4v) is 5.46. The van der Waals surface area contributed by atoms with Crippen molar-refractivity contribution in [3.63, 3.8) is 0 Å². The van der Waals surface area contributed by atoms with Gasteiger partial charge in [-0.25, -0.2) is 8.42 Å². The van der Waals surface area contributed by atoms with Crippen molar-refractivity contribution in [2.24, 2.45) is 0 Å². The maximum Gasteiger partial charge on any atom is 0.154 e. The molecule has 0 aromatic heterocycles. The van der Waals surface area contributed by atoms with E-state index in [2.05, 4.69) is 5.32 Å². The predicted molar refractivity (Wildman–Crippen MR) is 76.6 cm³/mol. The summed E-state index contributed by atoms with van der Waals surface area (Å²) >= 11 is 0. The summed E-state index contributed by atoms with van der Waals surface area (Å²) in [5.74, 6) is 0.369. The van der Waals surface area contributed by atoms with Gasteiger partial charge in [0.15, 0.2) is 9.84 Å². The molecule has 0 aliphatic carbocycles. The van der Waals surface area contributed by atoms with E-state index in [4.69, 9.17) is 9.47 Å². The zero-order valence-corrected chi connectivity index (χ0v) is 12.8. The SMILES string of the molecule is O=S1(=O)CCCC1CNC1CCOC2(CCOCC2)C1. The second-order valence-corrected chi connectivity index (χ2v) is 8.77. The lowest BCUT2D eigenvalue weighted by molar-refractivity contribution is -0.140. The molecule has 3 aliphatic rings. The first kappa shape index (κ1) is 14.8. The van der Waals surface area contributed by atoms with Crippen LogP contribution in [-0.4, -0.2) is 57.4 Å². The maximum atomic E-state index is 11.8. The zero-order chi connectivity index (χ0) is 14.1. The highest BCUT2D eigenvalue weighted by atomic mass is 32.2. The molecule has 6 heteroatoms. The van der Waals surface area contributed by atoms with E-state index in [-0.39, 0.29) is 10.9 Å². The minimum absolute atomic E-state index is 0.0251. The zero-order valence-electron chi connectivity index (χ0n) is 12.0. The number of hydrogen-bond acceptors (Lipinski definition) is 5. The fourth-order valence-electron chi connectivity index (χ4n) is 3.68. The van der Waals surface area contributed by atoms with Crippen molar-refractivity contribution >= 4 is 9.84 Å². The van der Waals surface area contributed by atoms with Gasteiger partial charge in [-0.1, -0.05) is 0 Å². The Balaban J connectivity index is 1.53. The third-order valence-corrected chi connectivity index (χ3v) is 7.27. The highest BCUT2D eigenvalue weighted by Gasteiger charge is 2.39. The summed E-state index contributed by atoms with van der Waals surface area (Å²) in [5.41, 5.74) is -0.0251. The standard InChI is InChI=1S/C14H25NO4S/c16-20(17)9-1-2-13(20)11-15-12-3-6-19-14(10-12)4-7-18-8-5-14/h12-13,15H,1-11H2. The molecule has 1 spiro atoms. The van der Waals surface area contributed by atoms with Crippen LogP contribution in [0.3, 0.4) is 0 Å². The highest BCUT2D eigenvalue weighted by Crippen LogP contribution is 2.34. The minimum Gasteiger partial charge on any atom is -0.381 e. The number of nitrogens with one attached hydrogen (secondary N) is 1. The maximum absolute atomic E-state index is 11.8. The Hall–Kier alpha value is -0.170. The smallest absolute Gasteiger partial charge is 0.154 e. The summed E-state index contributed by atoms with van der Waals surface area (Å²) in [7, 11) is -2.84. The van der Waals surface area contributed by atoms with E-state index in [1.807, 2.05) is 0 Å². The summed E-state index contributed by atoms with van der Waals surface area (Å²) in [4.78, 5) is 0. The van der Waals surface area contributed by atoms with Crippen LogP contribution in [0.2, 0.25) is 0 Å². The van der Waals surface area contributed by atoms with Crippen LogP contribution in [-0.2, 0) is 19.3 Å². The van der Waals surface area contributed by atoms with Gasteiger partial charge in [0.2, 0.25) is 0 Å². The van der Waals surface area contributed by atoms with E-state index in [1.165, 1.54) is 0 Å². The Kier molecular flexibility index (Phi) is 4.36. The molecular weight excluding hydrogens is 278 g/mol. The van der Waals surface area contributed by atoms with Crippen LogP contribution in [0.25, 0.3) is 0 Å². The van der Waals surface area contributed by atoms with Gasteiger partial charge >= 0.3 is 0 Å². The third-order valence-electron chi connectivity index (χ3n) is 4.99. The van der Waals surface area contributed by atoms with Gasteiger partial charge in [0, 0.05) is 32.4 Å². The molecular formula is C14H25NO4S. The van der Waals surface area contributed by atoms with E-state index in [0.29, 0.717) is 18.3 Å². The number of sulfone groups is 1.